The van der Waals surface area contributed by atoms with E-state index in [1.807, 2.05) is 22.4 Å². The number of amides is 1. The van der Waals surface area contributed by atoms with Gasteiger partial charge in [0, 0.05) is 23.6 Å². The molecule has 0 saturated heterocycles. The van der Waals surface area contributed by atoms with E-state index in [4.69, 9.17) is 9.47 Å². The van der Waals surface area contributed by atoms with Crippen molar-refractivity contribution < 1.29 is 23.9 Å². The lowest BCUT2D eigenvalue weighted by molar-refractivity contribution is -0.140. The first-order valence-corrected chi connectivity index (χ1v) is 9.63. The van der Waals surface area contributed by atoms with Crippen LogP contribution >= 0.6 is 11.3 Å². The van der Waals surface area contributed by atoms with Crippen molar-refractivity contribution in [2.45, 2.75) is 6.92 Å². The van der Waals surface area contributed by atoms with E-state index in [1.54, 1.807) is 24.3 Å². The van der Waals surface area contributed by atoms with Gasteiger partial charge in [0.15, 0.2) is 0 Å². The third kappa shape index (κ3) is 5.20. The third-order valence-electron chi connectivity index (χ3n) is 4.03. The van der Waals surface area contributed by atoms with E-state index in [9.17, 15) is 14.4 Å². The number of thiophene rings is 1. The molecule has 28 heavy (non-hydrogen) atoms. The molecule has 0 saturated carbocycles. The summed E-state index contributed by atoms with van der Waals surface area (Å²) in [6, 6.07) is 8.91. The number of carbonyl (C=O) groups is 3. The Morgan fingerprint density at radius 3 is 2.96 bits per heavy atom. The summed E-state index contributed by atoms with van der Waals surface area (Å²) >= 11 is 1.54. The van der Waals surface area contributed by atoms with Gasteiger partial charge in [0.1, 0.15) is 13.2 Å². The van der Waals surface area contributed by atoms with Crippen molar-refractivity contribution in [3.8, 4) is 0 Å². The summed E-state index contributed by atoms with van der Waals surface area (Å²) in [6.45, 7) is 2.74. The molecule has 0 fully saturated rings. The number of anilines is 2. The molecule has 0 aliphatic carbocycles. The maximum atomic E-state index is 12.3. The fraction of sp³-hybridized carbons (Fsp3) is 0.250. The van der Waals surface area contributed by atoms with E-state index in [1.165, 1.54) is 24.3 Å². The predicted molar refractivity (Wildman–Crippen MR) is 108 cm³/mol. The zero-order chi connectivity index (χ0) is 19.9. The normalized spacial score (nSPS) is 13.6. The van der Waals surface area contributed by atoms with Crippen LogP contribution in [0.15, 0.2) is 41.8 Å². The van der Waals surface area contributed by atoms with Crippen molar-refractivity contribution in [1.29, 1.82) is 0 Å². The molecule has 0 radical (unpaired) electrons. The highest BCUT2D eigenvalue weighted by molar-refractivity contribution is 7.10. The second-order valence-electron chi connectivity index (χ2n) is 6.03. The van der Waals surface area contributed by atoms with Crippen molar-refractivity contribution >= 4 is 46.6 Å². The zero-order valence-corrected chi connectivity index (χ0v) is 16.2. The first-order chi connectivity index (χ1) is 13.5. The highest BCUT2D eigenvalue weighted by Crippen LogP contribution is 2.27. The van der Waals surface area contributed by atoms with Crippen molar-refractivity contribution in [3.05, 3.63) is 52.2 Å². The van der Waals surface area contributed by atoms with Crippen molar-refractivity contribution in [2.75, 3.05) is 36.5 Å². The van der Waals surface area contributed by atoms with Gasteiger partial charge in [-0.15, -0.1) is 11.3 Å². The standard InChI is InChI=1S/C20H20N2O5S/c1-14(23)26-10-8-22-9-11-27-20(25)17-13-15(4-6-18(17)22)21-19(24)7-5-16-3-2-12-28-16/h2-7,12-13H,8-11H2,1H3,(H,21,24)/b7-5+. The molecule has 2 aromatic rings. The van der Waals surface area contributed by atoms with Gasteiger partial charge in [-0.1, -0.05) is 6.07 Å². The predicted octanol–water partition coefficient (Wildman–Crippen LogP) is 2.94. The van der Waals surface area contributed by atoms with Crippen LogP contribution in [0.3, 0.4) is 0 Å². The number of cyclic esters (lactones) is 1. The summed E-state index contributed by atoms with van der Waals surface area (Å²) in [5.41, 5.74) is 1.54. The van der Waals surface area contributed by atoms with Gasteiger partial charge in [-0.2, -0.15) is 0 Å². The van der Waals surface area contributed by atoms with Gasteiger partial charge in [-0.25, -0.2) is 4.79 Å². The minimum absolute atomic E-state index is 0.217. The van der Waals surface area contributed by atoms with Gasteiger partial charge in [0.25, 0.3) is 0 Å². The number of benzene rings is 1. The number of carbonyl (C=O) groups excluding carboxylic acids is 3. The summed E-state index contributed by atoms with van der Waals surface area (Å²) in [5, 5.41) is 4.69. The van der Waals surface area contributed by atoms with Crippen LogP contribution in [0.1, 0.15) is 22.2 Å². The van der Waals surface area contributed by atoms with Gasteiger partial charge in [0.05, 0.1) is 24.3 Å². The van der Waals surface area contributed by atoms with E-state index < -0.39 is 5.97 Å². The fourth-order valence-electron chi connectivity index (χ4n) is 2.76. The molecule has 1 N–H and O–H groups in total. The minimum atomic E-state index is -0.449. The number of rotatable bonds is 6. The SMILES string of the molecule is CC(=O)OCCN1CCOC(=O)c2cc(NC(=O)/C=C/c3cccs3)ccc21. The molecule has 0 atom stereocenters. The Kier molecular flexibility index (Phi) is 6.44. The quantitative estimate of drug-likeness (QED) is 0.593. The number of fused-ring (bicyclic) bond motifs is 1. The lowest BCUT2D eigenvalue weighted by atomic mass is 10.1. The van der Waals surface area contributed by atoms with Crippen LogP contribution in [0.4, 0.5) is 11.4 Å². The maximum Gasteiger partial charge on any atom is 0.340 e. The largest absolute Gasteiger partial charge is 0.464 e. The van der Waals surface area contributed by atoms with E-state index in [-0.39, 0.29) is 25.1 Å². The van der Waals surface area contributed by atoms with Crippen LogP contribution < -0.4 is 10.2 Å². The monoisotopic (exact) mass is 400 g/mol. The average molecular weight is 400 g/mol. The Morgan fingerprint density at radius 1 is 1.36 bits per heavy atom. The summed E-state index contributed by atoms with van der Waals surface area (Å²) in [6.07, 6.45) is 3.18. The minimum Gasteiger partial charge on any atom is -0.464 e. The lowest BCUT2D eigenvalue weighted by Crippen LogP contribution is -2.30. The highest BCUT2D eigenvalue weighted by atomic mass is 32.1. The molecule has 0 spiro atoms. The van der Waals surface area contributed by atoms with Crippen LogP contribution in [-0.2, 0) is 19.1 Å². The lowest BCUT2D eigenvalue weighted by Gasteiger charge is -2.23. The Bertz CT molecular complexity index is 892. The molecule has 8 heteroatoms. The number of esters is 2. The number of ether oxygens (including phenoxy) is 2. The van der Waals surface area contributed by atoms with Crippen LogP contribution in [0.25, 0.3) is 6.08 Å². The topological polar surface area (TPSA) is 84.9 Å². The first-order valence-electron chi connectivity index (χ1n) is 8.75. The molecular weight excluding hydrogens is 380 g/mol. The maximum absolute atomic E-state index is 12.3. The summed E-state index contributed by atoms with van der Waals surface area (Å²) in [7, 11) is 0. The van der Waals surface area contributed by atoms with Gasteiger partial charge in [-0.05, 0) is 35.7 Å². The third-order valence-corrected chi connectivity index (χ3v) is 4.87. The molecule has 1 amide bonds. The number of nitrogens with zero attached hydrogens (tertiary/aromatic N) is 1. The zero-order valence-electron chi connectivity index (χ0n) is 15.3. The molecule has 1 aliphatic rings. The van der Waals surface area contributed by atoms with Crippen LogP contribution in [0, 0.1) is 0 Å². The second-order valence-corrected chi connectivity index (χ2v) is 7.01. The highest BCUT2D eigenvalue weighted by Gasteiger charge is 2.22. The van der Waals surface area contributed by atoms with E-state index in [2.05, 4.69) is 5.32 Å². The molecular formula is C20H20N2O5S. The average Bonchev–Trinajstić information content (AvgIpc) is 3.13. The van der Waals surface area contributed by atoms with Crippen LogP contribution in [0.2, 0.25) is 0 Å². The van der Waals surface area contributed by atoms with Gasteiger partial charge >= 0.3 is 11.9 Å². The Balaban J connectivity index is 1.72. The molecule has 0 unspecified atom stereocenters. The van der Waals surface area contributed by atoms with Crippen LogP contribution in [-0.4, -0.2) is 44.1 Å². The number of nitrogens with one attached hydrogen (secondary N) is 1. The smallest absolute Gasteiger partial charge is 0.340 e. The van der Waals surface area contributed by atoms with Gasteiger partial charge < -0.3 is 19.7 Å². The van der Waals surface area contributed by atoms with Gasteiger partial charge in [0.2, 0.25) is 5.91 Å². The molecule has 2 heterocycles. The molecule has 1 aromatic carbocycles. The summed E-state index contributed by atoms with van der Waals surface area (Å²) < 4.78 is 10.2. The summed E-state index contributed by atoms with van der Waals surface area (Å²) in [5.74, 6) is -1.09. The molecule has 3 rings (SSSR count). The Morgan fingerprint density at radius 2 is 2.21 bits per heavy atom. The van der Waals surface area contributed by atoms with E-state index in [0.717, 1.165) is 4.88 Å². The Hall–Kier alpha value is -3.13. The molecule has 1 aromatic heterocycles. The number of hydrogen-bond donors (Lipinski definition) is 1. The second kappa shape index (κ2) is 9.18. The number of hydrogen-bond acceptors (Lipinski definition) is 7. The summed E-state index contributed by atoms with van der Waals surface area (Å²) in [4.78, 5) is 38.3. The van der Waals surface area contributed by atoms with Crippen molar-refractivity contribution in [3.63, 3.8) is 0 Å². The van der Waals surface area contributed by atoms with E-state index in [0.29, 0.717) is 30.0 Å². The van der Waals surface area contributed by atoms with Crippen molar-refractivity contribution in [2.24, 2.45) is 0 Å². The molecule has 7 nitrogen and oxygen atoms in total. The first kappa shape index (κ1) is 19.6. The van der Waals surface area contributed by atoms with Gasteiger partial charge in [-0.3, -0.25) is 9.59 Å². The molecule has 1 aliphatic heterocycles. The van der Waals surface area contributed by atoms with Crippen LogP contribution in [0.5, 0.6) is 0 Å². The van der Waals surface area contributed by atoms with Crippen molar-refractivity contribution in [1.82, 2.24) is 0 Å². The molecule has 146 valence electrons. The Labute approximate surface area is 166 Å². The fourth-order valence-corrected chi connectivity index (χ4v) is 3.38. The molecule has 0 bridgehead atoms. The van der Waals surface area contributed by atoms with E-state index >= 15 is 0 Å².